The minimum atomic E-state index is -4.14. The van der Waals surface area contributed by atoms with Crippen LogP contribution in [0.4, 0.5) is 4.39 Å². The Morgan fingerprint density at radius 1 is 1.30 bits per heavy atom. The summed E-state index contributed by atoms with van der Waals surface area (Å²) in [6.07, 6.45) is 5.96. The van der Waals surface area contributed by atoms with Crippen molar-refractivity contribution in [2.45, 2.75) is 17.9 Å². The van der Waals surface area contributed by atoms with Crippen LogP contribution >= 0.6 is 0 Å². The van der Waals surface area contributed by atoms with Gasteiger partial charge in [0.15, 0.2) is 0 Å². The second-order valence-corrected chi connectivity index (χ2v) is 8.15. The van der Waals surface area contributed by atoms with Gasteiger partial charge in [-0.05, 0) is 48.4 Å². The fourth-order valence-electron chi connectivity index (χ4n) is 3.31. The molecule has 0 saturated carbocycles. The maximum absolute atomic E-state index is 14.4. The molecule has 4 rings (SSSR count). The molecule has 0 fully saturated rings. The van der Waals surface area contributed by atoms with E-state index in [-0.39, 0.29) is 6.54 Å². The molecule has 140 valence electrons. The quantitative estimate of drug-likeness (QED) is 0.718. The number of benzene rings is 1. The van der Waals surface area contributed by atoms with E-state index in [4.69, 9.17) is 5.73 Å². The zero-order valence-corrected chi connectivity index (χ0v) is 15.3. The number of hydrogen-bond acceptors (Lipinski definition) is 5. The Hall–Kier alpha value is -2.55. The van der Waals surface area contributed by atoms with Crippen molar-refractivity contribution in [2.75, 3.05) is 13.1 Å². The molecule has 0 atom stereocenters. The fourth-order valence-corrected chi connectivity index (χ4v) is 4.79. The fraction of sp³-hybridized carbons (Fsp3) is 0.211. The van der Waals surface area contributed by atoms with Crippen molar-refractivity contribution in [3.05, 3.63) is 65.7 Å². The van der Waals surface area contributed by atoms with E-state index < -0.39 is 20.7 Å². The minimum Gasteiger partial charge on any atom is -0.326 e. The van der Waals surface area contributed by atoms with Crippen molar-refractivity contribution in [3.8, 4) is 0 Å². The summed E-state index contributed by atoms with van der Waals surface area (Å²) in [5.74, 6) is -0.805. The van der Waals surface area contributed by atoms with Gasteiger partial charge in [0.2, 0.25) is 0 Å². The van der Waals surface area contributed by atoms with Crippen LogP contribution in [0.15, 0.2) is 53.7 Å². The first kappa shape index (κ1) is 17.8. The molecule has 3 N–H and O–H groups in total. The molecule has 1 aliphatic rings. The number of hydrogen-bond donors (Lipinski definition) is 2. The average Bonchev–Trinajstić information content (AvgIpc) is 3.09. The van der Waals surface area contributed by atoms with Crippen molar-refractivity contribution in [3.63, 3.8) is 0 Å². The normalized spacial score (nSPS) is 15.1. The molecule has 0 radical (unpaired) electrons. The molecule has 3 heterocycles. The summed E-state index contributed by atoms with van der Waals surface area (Å²) in [6.45, 7) is 1.65. The highest BCUT2D eigenvalue weighted by molar-refractivity contribution is 7.90. The second-order valence-electron chi connectivity index (χ2n) is 6.37. The lowest BCUT2D eigenvalue weighted by atomic mass is 10.0. The van der Waals surface area contributed by atoms with Crippen molar-refractivity contribution < 1.29 is 12.8 Å². The van der Waals surface area contributed by atoms with Gasteiger partial charge in [-0.1, -0.05) is 12.1 Å². The molecule has 6 nitrogen and oxygen atoms in total. The molecule has 3 aromatic rings. The van der Waals surface area contributed by atoms with Crippen LogP contribution < -0.4 is 11.1 Å². The Kier molecular flexibility index (Phi) is 4.55. The van der Waals surface area contributed by atoms with Crippen molar-refractivity contribution in [1.82, 2.24) is 14.3 Å². The first-order chi connectivity index (χ1) is 13.0. The number of pyridine rings is 1. The van der Waals surface area contributed by atoms with E-state index >= 15 is 0 Å². The average molecular weight is 386 g/mol. The van der Waals surface area contributed by atoms with E-state index in [0.29, 0.717) is 16.6 Å². The third kappa shape index (κ3) is 3.05. The molecule has 0 unspecified atom stereocenters. The highest BCUT2D eigenvalue weighted by Crippen LogP contribution is 2.31. The van der Waals surface area contributed by atoms with Crippen LogP contribution in [0.3, 0.4) is 0 Å². The van der Waals surface area contributed by atoms with Gasteiger partial charge >= 0.3 is 0 Å². The maximum atomic E-state index is 14.4. The number of halogens is 1. The minimum absolute atomic E-state index is 0.127. The van der Waals surface area contributed by atoms with Gasteiger partial charge in [-0.25, -0.2) is 16.8 Å². The van der Waals surface area contributed by atoms with Gasteiger partial charge in [-0.3, -0.25) is 4.98 Å². The molecule has 1 aliphatic heterocycles. The first-order valence-corrected chi connectivity index (χ1v) is 10.1. The molecular formula is C19H19FN4O2S. The zero-order chi connectivity index (χ0) is 19.0. The van der Waals surface area contributed by atoms with Crippen LogP contribution in [0.25, 0.3) is 16.6 Å². The van der Waals surface area contributed by atoms with Gasteiger partial charge < -0.3 is 11.1 Å². The van der Waals surface area contributed by atoms with Crippen LogP contribution in [0, 0.1) is 5.82 Å². The van der Waals surface area contributed by atoms with Gasteiger partial charge in [0.25, 0.3) is 10.0 Å². The Labute approximate surface area is 156 Å². The highest BCUT2D eigenvalue weighted by Gasteiger charge is 2.26. The van der Waals surface area contributed by atoms with E-state index in [1.807, 2.05) is 6.08 Å². The number of aromatic nitrogens is 2. The Morgan fingerprint density at radius 3 is 2.89 bits per heavy atom. The van der Waals surface area contributed by atoms with E-state index in [0.717, 1.165) is 40.7 Å². The van der Waals surface area contributed by atoms with Crippen LogP contribution in [-0.2, 0) is 16.6 Å². The number of nitrogens with one attached hydrogen (secondary N) is 1. The molecule has 0 amide bonds. The third-order valence-electron chi connectivity index (χ3n) is 4.70. The molecule has 0 aliphatic carbocycles. The lowest BCUT2D eigenvalue weighted by Gasteiger charge is -2.13. The van der Waals surface area contributed by atoms with Crippen molar-refractivity contribution in [1.29, 1.82) is 0 Å². The third-order valence-corrected chi connectivity index (χ3v) is 6.39. The van der Waals surface area contributed by atoms with E-state index in [2.05, 4.69) is 10.3 Å². The largest absolute Gasteiger partial charge is 0.326 e. The van der Waals surface area contributed by atoms with Crippen LogP contribution in [0.5, 0.6) is 0 Å². The lowest BCUT2D eigenvalue weighted by Crippen LogP contribution is -2.20. The summed E-state index contributed by atoms with van der Waals surface area (Å²) < 4.78 is 42.0. The molecule has 27 heavy (non-hydrogen) atoms. The molecule has 0 saturated heterocycles. The molecule has 0 bridgehead atoms. The van der Waals surface area contributed by atoms with Crippen LogP contribution in [0.2, 0.25) is 0 Å². The standard InChI is InChI=1S/C19H19FN4O2S/c20-16-4-3-13(11-21)10-18(16)27(25,26)24-12-15(14-5-8-22-9-6-14)19-17(24)2-1-7-23-19/h1-5,7,10,12,22H,6,8-9,11,21H2. The lowest BCUT2D eigenvalue weighted by molar-refractivity contribution is 0.561. The van der Waals surface area contributed by atoms with Gasteiger partial charge in [0.05, 0.1) is 11.0 Å². The molecule has 2 aromatic heterocycles. The smallest absolute Gasteiger partial charge is 0.271 e. The van der Waals surface area contributed by atoms with E-state index in [9.17, 15) is 12.8 Å². The number of fused-ring (bicyclic) bond motifs is 1. The highest BCUT2D eigenvalue weighted by atomic mass is 32.2. The summed E-state index contributed by atoms with van der Waals surface area (Å²) in [7, 11) is -4.14. The molecule has 0 spiro atoms. The summed E-state index contributed by atoms with van der Waals surface area (Å²) >= 11 is 0. The monoisotopic (exact) mass is 386 g/mol. The Balaban J connectivity index is 1.95. The van der Waals surface area contributed by atoms with Gasteiger partial charge in [-0.15, -0.1) is 0 Å². The Morgan fingerprint density at radius 2 is 2.15 bits per heavy atom. The van der Waals surface area contributed by atoms with E-state index in [1.165, 1.54) is 12.1 Å². The van der Waals surface area contributed by atoms with Crippen molar-refractivity contribution in [2.24, 2.45) is 5.73 Å². The number of nitrogens with two attached hydrogens (primary N) is 1. The predicted molar refractivity (Wildman–Crippen MR) is 102 cm³/mol. The summed E-state index contributed by atoms with van der Waals surface area (Å²) in [5, 5.41) is 3.23. The predicted octanol–water partition coefficient (Wildman–Crippen LogP) is 2.25. The second kappa shape index (κ2) is 6.88. The molecular weight excluding hydrogens is 367 g/mol. The molecule has 8 heteroatoms. The molecule has 1 aromatic carbocycles. The first-order valence-electron chi connectivity index (χ1n) is 8.62. The summed E-state index contributed by atoms with van der Waals surface area (Å²) in [4.78, 5) is 3.99. The summed E-state index contributed by atoms with van der Waals surface area (Å²) in [6, 6.07) is 7.25. The number of nitrogens with zero attached hydrogens (tertiary/aromatic N) is 2. The van der Waals surface area contributed by atoms with Gasteiger partial charge in [0.1, 0.15) is 10.7 Å². The number of rotatable bonds is 4. The summed E-state index contributed by atoms with van der Waals surface area (Å²) in [5.41, 5.74) is 8.94. The topological polar surface area (TPSA) is 90.0 Å². The van der Waals surface area contributed by atoms with Gasteiger partial charge in [0, 0.05) is 31.0 Å². The van der Waals surface area contributed by atoms with Crippen LogP contribution in [0.1, 0.15) is 17.5 Å². The van der Waals surface area contributed by atoms with Gasteiger partial charge in [-0.2, -0.15) is 0 Å². The SMILES string of the molecule is NCc1ccc(F)c(S(=O)(=O)n2cc(C3=CCNCC3)c3ncccc32)c1. The van der Waals surface area contributed by atoms with Crippen molar-refractivity contribution >= 4 is 26.6 Å². The zero-order valence-electron chi connectivity index (χ0n) is 14.5. The maximum Gasteiger partial charge on any atom is 0.271 e. The van der Waals surface area contributed by atoms with Crippen LogP contribution in [-0.4, -0.2) is 30.5 Å². The van der Waals surface area contributed by atoms with E-state index in [1.54, 1.807) is 24.5 Å². The Bertz CT molecular complexity index is 1150.